The molecule has 0 radical (unpaired) electrons. The molecular formula is C27H33FN8O2. The average Bonchev–Trinajstić information content (AvgIpc) is 3.36. The van der Waals surface area contributed by atoms with E-state index in [9.17, 15) is 14.0 Å². The Morgan fingerprint density at radius 2 is 2.03 bits per heavy atom. The van der Waals surface area contributed by atoms with Crippen molar-refractivity contribution in [3.63, 3.8) is 0 Å². The van der Waals surface area contributed by atoms with Crippen molar-refractivity contribution in [1.29, 1.82) is 0 Å². The molecule has 3 aromatic heterocycles. The summed E-state index contributed by atoms with van der Waals surface area (Å²) >= 11 is 0. The first-order valence-corrected chi connectivity index (χ1v) is 13.0. The van der Waals surface area contributed by atoms with Crippen molar-refractivity contribution in [3.05, 3.63) is 47.7 Å². The Morgan fingerprint density at radius 3 is 2.71 bits per heavy atom. The Kier molecular flexibility index (Phi) is 7.26. The van der Waals surface area contributed by atoms with Crippen LogP contribution in [0.2, 0.25) is 0 Å². The predicted octanol–water partition coefficient (Wildman–Crippen LogP) is 3.51. The minimum Gasteiger partial charge on any atom is -0.370 e. The molecule has 1 saturated heterocycles. The van der Waals surface area contributed by atoms with Crippen molar-refractivity contribution in [2.24, 2.45) is 5.92 Å². The molecule has 0 unspecified atom stereocenters. The molecule has 0 saturated carbocycles. The quantitative estimate of drug-likeness (QED) is 0.436. The van der Waals surface area contributed by atoms with Gasteiger partial charge in [-0.05, 0) is 50.8 Å². The van der Waals surface area contributed by atoms with E-state index in [1.165, 1.54) is 0 Å². The predicted molar refractivity (Wildman–Crippen MR) is 143 cm³/mol. The van der Waals surface area contributed by atoms with Crippen LogP contribution in [0.15, 0.2) is 30.6 Å². The molecule has 11 heteroatoms. The van der Waals surface area contributed by atoms with Gasteiger partial charge in [0.05, 0.1) is 29.3 Å². The van der Waals surface area contributed by atoms with Crippen molar-refractivity contribution in [2.45, 2.75) is 45.6 Å². The summed E-state index contributed by atoms with van der Waals surface area (Å²) in [6.45, 7) is 6.35. The van der Waals surface area contributed by atoms with Crippen LogP contribution in [-0.4, -0.2) is 69.4 Å². The molecule has 0 bridgehead atoms. The van der Waals surface area contributed by atoms with Crippen molar-refractivity contribution in [2.75, 3.05) is 36.9 Å². The molecule has 0 spiro atoms. The van der Waals surface area contributed by atoms with Crippen LogP contribution in [0.3, 0.4) is 0 Å². The highest BCUT2D eigenvalue weighted by Gasteiger charge is 2.25. The Hall–Kier alpha value is -4.02. The first-order valence-electron chi connectivity index (χ1n) is 13.0. The van der Waals surface area contributed by atoms with E-state index in [1.807, 2.05) is 37.9 Å². The lowest BCUT2D eigenvalue weighted by Gasteiger charge is -2.34. The Balaban J connectivity index is 1.20. The van der Waals surface area contributed by atoms with E-state index in [-0.39, 0.29) is 29.5 Å². The van der Waals surface area contributed by atoms with Crippen LogP contribution >= 0.6 is 0 Å². The molecule has 2 amide bonds. The number of piperidine rings is 1. The summed E-state index contributed by atoms with van der Waals surface area (Å²) in [5.74, 6) is 0.589. The second-order valence-corrected chi connectivity index (χ2v) is 10.2. The van der Waals surface area contributed by atoms with Gasteiger partial charge in [0.1, 0.15) is 11.5 Å². The summed E-state index contributed by atoms with van der Waals surface area (Å²) < 4.78 is 14.6. The van der Waals surface area contributed by atoms with Gasteiger partial charge in [0.25, 0.3) is 5.91 Å². The molecule has 10 nitrogen and oxygen atoms in total. The normalized spacial score (nSPS) is 15.8. The van der Waals surface area contributed by atoms with E-state index in [0.29, 0.717) is 42.4 Å². The molecule has 5 heterocycles. The number of hydrogen-bond acceptors (Lipinski definition) is 7. The molecular weight excluding hydrogens is 487 g/mol. The average molecular weight is 521 g/mol. The molecule has 0 aliphatic carbocycles. The van der Waals surface area contributed by atoms with E-state index < -0.39 is 5.82 Å². The van der Waals surface area contributed by atoms with E-state index in [4.69, 9.17) is 0 Å². The fourth-order valence-electron chi connectivity index (χ4n) is 4.87. The lowest BCUT2D eigenvalue weighted by molar-refractivity contribution is -0.132. The SMILES string of the molecule is CC(C)N(C)C(=O)CC1CCN(c2ccc(Nc3ncc(F)c(-c4cc5c([nH]4)CCNC5=O)n3)nc2)CC1. The van der Waals surface area contributed by atoms with Gasteiger partial charge in [-0.15, -0.1) is 0 Å². The second kappa shape index (κ2) is 10.8. The molecule has 0 atom stereocenters. The summed E-state index contributed by atoms with van der Waals surface area (Å²) in [6.07, 6.45) is 6.08. The lowest BCUT2D eigenvalue weighted by atomic mass is 9.92. The number of fused-ring (bicyclic) bond motifs is 1. The number of carbonyl (C=O) groups excluding carboxylic acids is 2. The third kappa shape index (κ3) is 5.46. The number of amides is 2. The molecule has 2 aliphatic heterocycles. The lowest BCUT2D eigenvalue weighted by Crippen LogP contribution is -2.38. The summed E-state index contributed by atoms with van der Waals surface area (Å²) in [5, 5.41) is 5.82. The van der Waals surface area contributed by atoms with Crippen molar-refractivity contribution in [3.8, 4) is 11.4 Å². The number of rotatable bonds is 7. The van der Waals surface area contributed by atoms with Gasteiger partial charge in [0.2, 0.25) is 11.9 Å². The van der Waals surface area contributed by atoms with Gasteiger partial charge in [-0.2, -0.15) is 0 Å². The summed E-state index contributed by atoms with van der Waals surface area (Å²) in [7, 11) is 1.87. The molecule has 3 aromatic rings. The van der Waals surface area contributed by atoms with Crippen LogP contribution in [0.25, 0.3) is 11.4 Å². The Morgan fingerprint density at radius 1 is 1.24 bits per heavy atom. The zero-order valence-electron chi connectivity index (χ0n) is 21.9. The first-order chi connectivity index (χ1) is 18.3. The highest BCUT2D eigenvalue weighted by atomic mass is 19.1. The van der Waals surface area contributed by atoms with Gasteiger partial charge in [0, 0.05) is 51.3 Å². The zero-order chi connectivity index (χ0) is 26.8. The van der Waals surface area contributed by atoms with Gasteiger partial charge in [-0.1, -0.05) is 0 Å². The fourth-order valence-corrected chi connectivity index (χ4v) is 4.87. The van der Waals surface area contributed by atoms with Crippen LogP contribution in [0.5, 0.6) is 0 Å². The van der Waals surface area contributed by atoms with E-state index in [0.717, 1.165) is 43.5 Å². The number of nitrogens with zero attached hydrogens (tertiary/aromatic N) is 5. The third-order valence-electron chi connectivity index (χ3n) is 7.40. The van der Waals surface area contributed by atoms with Gasteiger partial charge in [-0.3, -0.25) is 9.59 Å². The van der Waals surface area contributed by atoms with E-state index in [2.05, 4.69) is 35.5 Å². The van der Waals surface area contributed by atoms with E-state index >= 15 is 0 Å². The van der Waals surface area contributed by atoms with Gasteiger partial charge >= 0.3 is 0 Å². The Bertz CT molecular complexity index is 1320. The van der Waals surface area contributed by atoms with Gasteiger partial charge in [0.15, 0.2) is 5.82 Å². The molecule has 38 heavy (non-hydrogen) atoms. The zero-order valence-corrected chi connectivity index (χ0v) is 21.9. The maximum atomic E-state index is 14.6. The summed E-state index contributed by atoms with van der Waals surface area (Å²) in [5.41, 5.74) is 2.80. The number of halogens is 1. The Labute approximate surface area is 221 Å². The van der Waals surface area contributed by atoms with Crippen molar-refractivity contribution in [1.82, 2.24) is 30.2 Å². The van der Waals surface area contributed by atoms with E-state index in [1.54, 1.807) is 12.3 Å². The summed E-state index contributed by atoms with van der Waals surface area (Å²) in [6, 6.07) is 5.66. The second-order valence-electron chi connectivity index (χ2n) is 10.2. The van der Waals surface area contributed by atoms with Gasteiger partial charge in [-0.25, -0.2) is 19.3 Å². The molecule has 3 N–H and O–H groups in total. The smallest absolute Gasteiger partial charge is 0.253 e. The fraction of sp³-hybridized carbons (Fsp3) is 0.444. The molecule has 200 valence electrons. The minimum atomic E-state index is -0.584. The highest BCUT2D eigenvalue weighted by molar-refractivity contribution is 5.97. The van der Waals surface area contributed by atoms with Crippen LogP contribution < -0.4 is 15.5 Å². The maximum Gasteiger partial charge on any atom is 0.253 e. The van der Waals surface area contributed by atoms with Crippen LogP contribution in [0.1, 0.15) is 49.2 Å². The highest BCUT2D eigenvalue weighted by Crippen LogP contribution is 2.28. The largest absolute Gasteiger partial charge is 0.370 e. The van der Waals surface area contributed by atoms with Crippen LogP contribution in [0.4, 0.5) is 21.8 Å². The minimum absolute atomic E-state index is 0.0854. The topological polar surface area (TPSA) is 119 Å². The number of pyridine rings is 1. The number of anilines is 3. The monoisotopic (exact) mass is 520 g/mol. The maximum absolute atomic E-state index is 14.6. The molecule has 1 fully saturated rings. The number of H-pyrrole nitrogens is 1. The number of carbonyl (C=O) groups is 2. The summed E-state index contributed by atoms with van der Waals surface area (Å²) in [4.78, 5) is 44.6. The van der Waals surface area contributed by atoms with Crippen LogP contribution in [0, 0.1) is 11.7 Å². The van der Waals surface area contributed by atoms with Gasteiger partial charge < -0.3 is 25.4 Å². The first kappa shape index (κ1) is 25.6. The van der Waals surface area contributed by atoms with Crippen LogP contribution in [-0.2, 0) is 11.2 Å². The number of hydrogen-bond donors (Lipinski definition) is 3. The number of nitrogens with one attached hydrogen (secondary N) is 3. The molecule has 0 aromatic carbocycles. The standard InChI is InChI=1S/C27H33FN8O2/c1-16(2)35(3)24(37)12-17-7-10-36(11-8-17)18-4-5-23(30-14-18)33-27-31-15-20(28)25(34-27)22-13-19-21(32-22)6-9-29-26(19)38/h4-5,13-17,32H,6-12H2,1-3H3,(H,29,38)(H,30,31,33,34). The van der Waals surface area contributed by atoms with Crippen molar-refractivity contribution >= 4 is 29.3 Å². The number of aromatic amines is 1. The molecule has 5 rings (SSSR count). The number of aromatic nitrogens is 4. The molecule has 2 aliphatic rings. The third-order valence-corrected chi connectivity index (χ3v) is 7.40. The van der Waals surface area contributed by atoms with Crippen molar-refractivity contribution < 1.29 is 14.0 Å².